The van der Waals surface area contributed by atoms with Crippen molar-refractivity contribution < 1.29 is 26.7 Å². The molecule has 1 unspecified atom stereocenters. The van der Waals surface area contributed by atoms with Gasteiger partial charge in [0, 0.05) is 0 Å². The number of alkyl halides is 1. The fourth-order valence-electron chi connectivity index (χ4n) is 1.40. The molecule has 0 radical (unpaired) electrons. The van der Waals surface area contributed by atoms with Crippen molar-refractivity contribution in [3.63, 3.8) is 0 Å². The predicted molar refractivity (Wildman–Crippen MR) is 74.6 cm³/mol. The van der Waals surface area contributed by atoms with Crippen LogP contribution in [0.1, 0.15) is 0 Å². The number of aliphatic hydroxyl groups excluding tert-OH is 1. The second-order valence-electron chi connectivity index (χ2n) is 4.13. The van der Waals surface area contributed by atoms with E-state index in [4.69, 9.17) is 11.6 Å². The van der Waals surface area contributed by atoms with Crippen LogP contribution in [0.25, 0.3) is 0 Å². The van der Waals surface area contributed by atoms with Crippen LogP contribution in [0, 0.1) is 0 Å². The molecule has 0 saturated heterocycles. The van der Waals surface area contributed by atoms with Crippen LogP contribution in [0.3, 0.4) is 0 Å². The molecule has 0 rings (SSSR count). The first-order valence-electron chi connectivity index (χ1n) is 5.45. The summed E-state index contributed by atoms with van der Waals surface area (Å²) in [5, 5.41) is 9.43. The summed E-state index contributed by atoms with van der Waals surface area (Å²) < 4.78 is 31.7. The molecule has 0 amide bonds. The van der Waals surface area contributed by atoms with E-state index in [1.165, 1.54) is 0 Å². The predicted octanol–water partition coefficient (Wildman–Crippen LogP) is 0.498. The van der Waals surface area contributed by atoms with E-state index in [1.807, 2.05) is 12.2 Å². The maximum atomic E-state index is 9.43. The Bertz CT molecular complexity index is 348. The second-order valence-corrected chi connectivity index (χ2v) is 5.59. The van der Waals surface area contributed by atoms with Crippen molar-refractivity contribution in [1.82, 2.24) is 0 Å². The molecule has 8 heteroatoms. The molecular weight excluding hydrogens is 294 g/mol. The maximum absolute atomic E-state index is 9.43. The van der Waals surface area contributed by atoms with E-state index < -0.39 is 16.5 Å². The molecular formula is C11H22ClNO5S. The number of rotatable bonds is 8. The van der Waals surface area contributed by atoms with Crippen molar-refractivity contribution in [3.05, 3.63) is 25.3 Å². The van der Waals surface area contributed by atoms with Crippen molar-refractivity contribution in [2.75, 3.05) is 39.7 Å². The van der Waals surface area contributed by atoms with Gasteiger partial charge in [0.05, 0.1) is 33.1 Å². The molecule has 0 aliphatic carbocycles. The number of quaternary nitrogens is 1. The van der Waals surface area contributed by atoms with Gasteiger partial charge in [0.2, 0.25) is 10.4 Å². The molecule has 0 aromatic carbocycles. The van der Waals surface area contributed by atoms with Gasteiger partial charge in [-0.15, -0.1) is 11.6 Å². The van der Waals surface area contributed by atoms with Crippen LogP contribution in [0.4, 0.5) is 0 Å². The quantitative estimate of drug-likeness (QED) is 0.232. The molecule has 0 aliphatic heterocycles. The first kappa shape index (κ1) is 20.9. The highest BCUT2D eigenvalue weighted by Crippen LogP contribution is 2.05. The molecule has 0 heterocycles. The zero-order chi connectivity index (χ0) is 15.5. The Kier molecular flexibility index (Phi) is 11.4. The molecule has 0 spiro atoms. The van der Waals surface area contributed by atoms with E-state index in [0.29, 0.717) is 11.0 Å². The standard InChI is InChI=1S/C10H19ClNO.CH4O4S/c1-4-6-12(3,7-5-2)9-10(13)8-11;1-5-6(2,3)4/h4-5,10,13H,1-2,6-9H2,3H3;1H3,(H,2,3,4)/q+1;/p-1. The minimum Gasteiger partial charge on any atom is -0.726 e. The number of likely N-dealkylation sites (N-methyl/N-ethyl adjacent to an activating group) is 1. The van der Waals surface area contributed by atoms with Gasteiger partial charge in [0.1, 0.15) is 12.6 Å². The summed E-state index contributed by atoms with van der Waals surface area (Å²) in [6.07, 6.45) is 3.25. The van der Waals surface area contributed by atoms with E-state index >= 15 is 0 Å². The summed E-state index contributed by atoms with van der Waals surface area (Å²) in [6.45, 7) is 9.67. The van der Waals surface area contributed by atoms with Crippen LogP contribution in [0.5, 0.6) is 0 Å². The summed E-state index contributed by atoms with van der Waals surface area (Å²) in [4.78, 5) is 0. The van der Waals surface area contributed by atoms with E-state index in [0.717, 1.165) is 20.2 Å². The molecule has 1 N–H and O–H groups in total. The average molecular weight is 316 g/mol. The number of hydrogen-bond acceptors (Lipinski definition) is 5. The lowest BCUT2D eigenvalue weighted by molar-refractivity contribution is -0.901. The lowest BCUT2D eigenvalue weighted by Gasteiger charge is -2.33. The average Bonchev–Trinajstić information content (AvgIpc) is 2.29. The first-order chi connectivity index (χ1) is 8.64. The Labute approximate surface area is 120 Å². The zero-order valence-corrected chi connectivity index (χ0v) is 12.9. The minimum absolute atomic E-state index is 0.280. The SMILES string of the molecule is C=CC[N+](C)(CC=C)CC(O)CCl.COS(=O)(=O)[O-]. The van der Waals surface area contributed by atoms with Crippen molar-refractivity contribution in [2.45, 2.75) is 6.10 Å². The van der Waals surface area contributed by atoms with Gasteiger partial charge in [-0.3, -0.25) is 4.18 Å². The van der Waals surface area contributed by atoms with Gasteiger partial charge >= 0.3 is 0 Å². The van der Waals surface area contributed by atoms with Gasteiger partial charge in [-0.25, -0.2) is 8.42 Å². The van der Waals surface area contributed by atoms with Crippen molar-refractivity contribution in [1.29, 1.82) is 0 Å². The summed E-state index contributed by atoms with van der Waals surface area (Å²) in [7, 11) is -1.55. The third kappa shape index (κ3) is 13.8. The zero-order valence-electron chi connectivity index (χ0n) is 11.3. The fraction of sp³-hybridized carbons (Fsp3) is 0.636. The maximum Gasteiger partial charge on any atom is 0.217 e. The molecule has 0 aromatic rings. The minimum atomic E-state index is -4.41. The Hall–Kier alpha value is -0.440. The molecule has 19 heavy (non-hydrogen) atoms. The smallest absolute Gasteiger partial charge is 0.217 e. The van der Waals surface area contributed by atoms with Gasteiger partial charge in [-0.2, -0.15) is 0 Å². The van der Waals surface area contributed by atoms with E-state index in [-0.39, 0.29) is 5.88 Å². The van der Waals surface area contributed by atoms with Crippen molar-refractivity contribution in [3.8, 4) is 0 Å². The monoisotopic (exact) mass is 315 g/mol. The van der Waals surface area contributed by atoms with Crippen LogP contribution in [0.15, 0.2) is 25.3 Å². The van der Waals surface area contributed by atoms with E-state index in [9.17, 15) is 18.1 Å². The van der Waals surface area contributed by atoms with Crippen LogP contribution in [0.2, 0.25) is 0 Å². The van der Waals surface area contributed by atoms with Gasteiger partial charge in [-0.1, -0.05) is 13.2 Å². The van der Waals surface area contributed by atoms with Crippen LogP contribution >= 0.6 is 11.6 Å². The van der Waals surface area contributed by atoms with Crippen LogP contribution < -0.4 is 0 Å². The summed E-state index contributed by atoms with van der Waals surface area (Å²) in [5.74, 6) is 0.280. The van der Waals surface area contributed by atoms with Gasteiger partial charge in [0.15, 0.2) is 0 Å². The largest absolute Gasteiger partial charge is 0.726 e. The Morgan fingerprint density at radius 3 is 2.00 bits per heavy atom. The fourth-order valence-corrected chi connectivity index (χ4v) is 1.50. The molecule has 0 fully saturated rings. The summed E-state index contributed by atoms with van der Waals surface area (Å²) >= 11 is 5.55. The summed E-state index contributed by atoms with van der Waals surface area (Å²) in [6, 6.07) is 0. The number of nitrogens with zero attached hydrogens (tertiary/aromatic N) is 1. The molecule has 0 bridgehead atoms. The highest BCUT2D eigenvalue weighted by molar-refractivity contribution is 7.80. The lowest BCUT2D eigenvalue weighted by atomic mass is 10.3. The number of aliphatic hydroxyl groups is 1. The van der Waals surface area contributed by atoms with Crippen molar-refractivity contribution in [2.24, 2.45) is 0 Å². The highest BCUT2D eigenvalue weighted by Gasteiger charge is 2.22. The van der Waals surface area contributed by atoms with Crippen LogP contribution in [-0.2, 0) is 14.6 Å². The Morgan fingerprint density at radius 2 is 1.79 bits per heavy atom. The van der Waals surface area contributed by atoms with E-state index in [2.05, 4.69) is 24.4 Å². The topological polar surface area (TPSA) is 86.7 Å². The van der Waals surface area contributed by atoms with Gasteiger partial charge in [0.25, 0.3) is 0 Å². The molecule has 6 nitrogen and oxygen atoms in total. The first-order valence-corrected chi connectivity index (χ1v) is 7.31. The Morgan fingerprint density at radius 1 is 1.42 bits per heavy atom. The number of hydrogen-bond donors (Lipinski definition) is 1. The molecule has 0 aromatic heterocycles. The molecule has 0 saturated carbocycles. The second kappa shape index (κ2) is 10.4. The third-order valence-corrected chi connectivity index (χ3v) is 2.94. The van der Waals surface area contributed by atoms with Gasteiger partial charge in [-0.05, 0) is 12.2 Å². The summed E-state index contributed by atoms with van der Waals surface area (Å²) in [5.41, 5.74) is 0. The molecule has 1 atom stereocenters. The highest BCUT2D eigenvalue weighted by atomic mass is 35.5. The lowest BCUT2D eigenvalue weighted by Crippen LogP contribution is -2.49. The molecule has 114 valence electrons. The Balaban J connectivity index is 0. The van der Waals surface area contributed by atoms with Crippen molar-refractivity contribution >= 4 is 22.0 Å². The van der Waals surface area contributed by atoms with E-state index in [1.54, 1.807) is 0 Å². The molecule has 0 aliphatic rings. The van der Waals surface area contributed by atoms with Gasteiger partial charge < -0.3 is 14.1 Å². The third-order valence-electron chi connectivity index (χ3n) is 2.17. The number of halogens is 1. The van der Waals surface area contributed by atoms with Crippen LogP contribution in [-0.4, -0.2) is 68.3 Å². The normalized spacial score (nSPS) is 13.1.